The fourth-order valence-corrected chi connectivity index (χ4v) is 2.29. The number of hydrogen-bond donors (Lipinski definition) is 0. The van der Waals surface area contributed by atoms with Crippen LogP contribution in [0.5, 0.6) is 0 Å². The molecule has 1 saturated heterocycles. The van der Waals surface area contributed by atoms with Crippen LogP contribution >= 0.6 is 0 Å². The first-order valence-electron chi connectivity index (χ1n) is 5.18. The van der Waals surface area contributed by atoms with Gasteiger partial charge in [0.05, 0.1) is 0 Å². The van der Waals surface area contributed by atoms with Gasteiger partial charge in [-0.05, 0) is 24.3 Å². The Morgan fingerprint density at radius 1 is 1.60 bits per heavy atom. The summed E-state index contributed by atoms with van der Waals surface area (Å²) in [6.45, 7) is 5.73. The third-order valence-corrected chi connectivity index (χ3v) is 3.32. The second-order valence-corrected chi connectivity index (χ2v) is 4.27. The summed E-state index contributed by atoms with van der Waals surface area (Å²) in [6.07, 6.45) is 4.13. The zero-order valence-corrected chi connectivity index (χ0v) is 8.73. The fraction of sp³-hybridized carbons (Fsp3) is 0.500. The molecular weight excluding hydrogens is 192 g/mol. The van der Waals surface area contributed by atoms with E-state index in [2.05, 4.69) is 6.58 Å². The molecule has 1 fully saturated rings. The summed E-state index contributed by atoms with van der Waals surface area (Å²) in [5.74, 6) is -0.0475. The molecule has 0 N–H and O–H groups in total. The zero-order valence-electron chi connectivity index (χ0n) is 8.73. The Morgan fingerprint density at radius 3 is 3.00 bits per heavy atom. The number of carbonyl (C=O) groups excluding carboxylic acids is 2. The summed E-state index contributed by atoms with van der Waals surface area (Å²) in [4.78, 5) is 22.1. The van der Waals surface area contributed by atoms with E-state index in [1.165, 1.54) is 0 Å². The molecule has 0 aromatic rings. The highest BCUT2D eigenvalue weighted by atomic mass is 16.6. The predicted octanol–water partition coefficient (Wildman–Crippen LogP) is 1.64. The molecule has 0 saturated carbocycles. The van der Waals surface area contributed by atoms with Gasteiger partial charge in [0.25, 0.3) is 0 Å². The van der Waals surface area contributed by atoms with E-state index in [4.69, 9.17) is 4.74 Å². The van der Waals surface area contributed by atoms with Crippen LogP contribution in [0.15, 0.2) is 23.8 Å². The van der Waals surface area contributed by atoms with Crippen LogP contribution in [0.4, 0.5) is 0 Å². The van der Waals surface area contributed by atoms with Crippen LogP contribution in [0.3, 0.4) is 0 Å². The van der Waals surface area contributed by atoms with E-state index in [1.807, 2.05) is 13.0 Å². The van der Waals surface area contributed by atoms with Gasteiger partial charge in [-0.25, -0.2) is 4.79 Å². The summed E-state index contributed by atoms with van der Waals surface area (Å²) in [5, 5.41) is 0. The Balaban J connectivity index is 2.24. The van der Waals surface area contributed by atoms with Crippen molar-refractivity contribution in [2.45, 2.75) is 25.9 Å². The lowest BCUT2D eigenvalue weighted by atomic mass is 9.91. The van der Waals surface area contributed by atoms with Gasteiger partial charge in [0.2, 0.25) is 0 Å². The van der Waals surface area contributed by atoms with Crippen LogP contribution in [0.1, 0.15) is 19.8 Å². The van der Waals surface area contributed by atoms with Crippen LogP contribution < -0.4 is 0 Å². The minimum atomic E-state index is -0.278. The van der Waals surface area contributed by atoms with Crippen molar-refractivity contribution in [3.05, 3.63) is 23.8 Å². The van der Waals surface area contributed by atoms with E-state index >= 15 is 0 Å². The highest BCUT2D eigenvalue weighted by molar-refractivity contribution is 5.91. The summed E-state index contributed by atoms with van der Waals surface area (Å²) >= 11 is 0. The first kappa shape index (κ1) is 10.1. The molecule has 0 aromatic heterocycles. The minimum absolute atomic E-state index is 0.0670. The van der Waals surface area contributed by atoms with Crippen LogP contribution in [-0.4, -0.2) is 18.4 Å². The Bertz CT molecular complexity index is 354. The quantitative estimate of drug-likeness (QED) is 0.372. The van der Waals surface area contributed by atoms with Gasteiger partial charge in [-0.2, -0.15) is 0 Å². The molecule has 1 aliphatic heterocycles. The topological polar surface area (TPSA) is 43.4 Å². The SMILES string of the molecule is C=C1C(=O)O[C@H]2C[C@H](C)C(C=O)=CC[C@H]12. The average molecular weight is 206 g/mol. The number of fused-ring (bicyclic) bond motifs is 1. The first-order valence-corrected chi connectivity index (χ1v) is 5.18. The monoisotopic (exact) mass is 206 g/mol. The van der Waals surface area contributed by atoms with Gasteiger partial charge in [0, 0.05) is 11.5 Å². The summed E-state index contributed by atoms with van der Waals surface area (Å²) in [7, 11) is 0. The Hall–Kier alpha value is -1.38. The van der Waals surface area contributed by atoms with Gasteiger partial charge in [0.15, 0.2) is 0 Å². The van der Waals surface area contributed by atoms with Crippen LogP contribution in [-0.2, 0) is 14.3 Å². The number of esters is 1. The molecule has 80 valence electrons. The van der Waals surface area contributed by atoms with Crippen molar-refractivity contribution in [1.29, 1.82) is 0 Å². The lowest BCUT2D eigenvalue weighted by Crippen LogP contribution is -2.17. The number of hydrogen-bond acceptors (Lipinski definition) is 3. The van der Waals surface area contributed by atoms with E-state index in [0.29, 0.717) is 12.0 Å². The van der Waals surface area contributed by atoms with Gasteiger partial charge < -0.3 is 4.74 Å². The molecule has 0 amide bonds. The summed E-state index contributed by atoms with van der Waals surface area (Å²) < 4.78 is 5.23. The maximum Gasteiger partial charge on any atom is 0.334 e. The van der Waals surface area contributed by atoms with Crippen molar-refractivity contribution >= 4 is 12.3 Å². The highest BCUT2D eigenvalue weighted by Crippen LogP contribution is 2.37. The molecular formula is C12H14O3. The molecule has 3 nitrogen and oxygen atoms in total. The number of ether oxygens (including phenoxy) is 1. The van der Waals surface area contributed by atoms with E-state index in [0.717, 1.165) is 18.3 Å². The third kappa shape index (κ3) is 1.62. The molecule has 0 spiro atoms. The Kier molecular flexibility index (Phi) is 2.47. The molecule has 0 bridgehead atoms. The predicted molar refractivity (Wildman–Crippen MR) is 55.1 cm³/mol. The first-order chi connectivity index (χ1) is 7.13. The van der Waals surface area contributed by atoms with Gasteiger partial charge >= 0.3 is 5.97 Å². The average Bonchev–Trinajstić information content (AvgIpc) is 2.39. The molecule has 0 unspecified atom stereocenters. The van der Waals surface area contributed by atoms with Crippen LogP contribution in [0.2, 0.25) is 0 Å². The maximum atomic E-state index is 11.3. The van der Waals surface area contributed by atoms with Gasteiger partial charge in [-0.15, -0.1) is 0 Å². The van der Waals surface area contributed by atoms with Gasteiger partial charge in [-0.1, -0.05) is 19.6 Å². The van der Waals surface area contributed by atoms with Gasteiger partial charge in [0.1, 0.15) is 12.4 Å². The second kappa shape index (κ2) is 3.65. The van der Waals surface area contributed by atoms with Crippen molar-refractivity contribution in [3.8, 4) is 0 Å². The Labute approximate surface area is 88.8 Å². The van der Waals surface area contributed by atoms with E-state index in [-0.39, 0.29) is 23.9 Å². The molecule has 3 heteroatoms. The van der Waals surface area contributed by atoms with Crippen LogP contribution in [0, 0.1) is 11.8 Å². The normalized spacial score (nSPS) is 35.3. The molecule has 1 aliphatic carbocycles. The van der Waals surface area contributed by atoms with E-state index in [9.17, 15) is 9.59 Å². The fourth-order valence-electron chi connectivity index (χ4n) is 2.29. The summed E-state index contributed by atoms with van der Waals surface area (Å²) in [5.41, 5.74) is 1.36. The second-order valence-electron chi connectivity index (χ2n) is 4.27. The molecule has 2 rings (SSSR count). The zero-order chi connectivity index (χ0) is 11.0. The Morgan fingerprint density at radius 2 is 2.33 bits per heavy atom. The van der Waals surface area contributed by atoms with Crippen molar-refractivity contribution in [1.82, 2.24) is 0 Å². The maximum absolute atomic E-state index is 11.3. The molecule has 0 aromatic carbocycles. The minimum Gasteiger partial charge on any atom is -0.458 e. The number of rotatable bonds is 1. The summed E-state index contributed by atoms with van der Waals surface area (Å²) in [6, 6.07) is 0. The standard InChI is InChI=1S/C12H14O3/c1-7-5-11-10(4-3-9(7)6-13)8(2)12(14)15-11/h3,6-7,10-11H,2,4-5H2,1H3/t7-,10+,11-/m0/s1. The van der Waals surface area contributed by atoms with Crippen molar-refractivity contribution in [2.24, 2.45) is 11.8 Å². The van der Waals surface area contributed by atoms with E-state index in [1.54, 1.807) is 0 Å². The van der Waals surface area contributed by atoms with Crippen molar-refractivity contribution < 1.29 is 14.3 Å². The molecule has 1 heterocycles. The molecule has 3 atom stereocenters. The molecule has 0 radical (unpaired) electrons. The number of carbonyl (C=O) groups is 2. The number of allylic oxidation sites excluding steroid dienone is 2. The molecule has 15 heavy (non-hydrogen) atoms. The van der Waals surface area contributed by atoms with Crippen LogP contribution in [0.25, 0.3) is 0 Å². The van der Waals surface area contributed by atoms with Crippen molar-refractivity contribution in [3.63, 3.8) is 0 Å². The van der Waals surface area contributed by atoms with E-state index < -0.39 is 0 Å². The molecule has 2 aliphatic rings. The highest BCUT2D eigenvalue weighted by Gasteiger charge is 2.40. The third-order valence-electron chi connectivity index (χ3n) is 3.32. The van der Waals surface area contributed by atoms with Crippen molar-refractivity contribution in [2.75, 3.05) is 0 Å². The lowest BCUT2D eigenvalue weighted by molar-refractivity contribution is -0.139. The largest absolute Gasteiger partial charge is 0.458 e. The van der Waals surface area contributed by atoms with Gasteiger partial charge in [-0.3, -0.25) is 4.79 Å². The number of aldehydes is 1. The smallest absolute Gasteiger partial charge is 0.334 e. The lowest BCUT2D eigenvalue weighted by Gasteiger charge is -2.16.